The molecule has 0 spiro atoms. The molecule has 2 heterocycles. The van der Waals surface area contributed by atoms with Crippen LogP contribution in [0.4, 0.5) is 5.13 Å². The minimum atomic E-state index is -0.236. The Balaban J connectivity index is 0.00000160. The normalized spacial score (nSPS) is 10.1. The van der Waals surface area contributed by atoms with Crippen LogP contribution in [0.15, 0.2) is 47.8 Å². The number of fused-ring (bicyclic) bond motifs is 1. The summed E-state index contributed by atoms with van der Waals surface area (Å²) in [6, 6.07) is 13.4. The lowest BCUT2D eigenvalue weighted by Gasteiger charge is -2.12. The third kappa shape index (κ3) is 4.40. The highest BCUT2D eigenvalue weighted by Gasteiger charge is 2.18. The summed E-state index contributed by atoms with van der Waals surface area (Å²) < 4.78 is 11.0. The zero-order valence-electron chi connectivity index (χ0n) is 16.6. The molecule has 2 aromatic heterocycles. The van der Waals surface area contributed by atoms with Crippen molar-refractivity contribution in [2.75, 3.05) is 19.5 Å². The molecule has 0 aliphatic carbocycles. The summed E-state index contributed by atoms with van der Waals surface area (Å²) in [5.74, 6) is 1.12. The van der Waals surface area contributed by atoms with E-state index in [-0.39, 0.29) is 23.8 Å². The Morgan fingerprint density at radius 2 is 1.77 bits per heavy atom. The SMILES string of the molecule is COc1cc(C)cc(OC)c1-c1csc(NC(=O)c2cc3ccccc3[nH]2)n1.Cl.O. The van der Waals surface area contributed by atoms with E-state index < -0.39 is 0 Å². The molecule has 2 aromatic carbocycles. The number of nitrogens with one attached hydrogen (secondary N) is 2. The van der Waals surface area contributed by atoms with E-state index in [0.29, 0.717) is 28.0 Å². The number of hydrogen-bond acceptors (Lipinski definition) is 5. The third-order valence-electron chi connectivity index (χ3n) is 4.41. The van der Waals surface area contributed by atoms with Gasteiger partial charge in [-0.2, -0.15) is 0 Å². The summed E-state index contributed by atoms with van der Waals surface area (Å²) in [5.41, 5.74) is 3.88. The molecular formula is C21H22ClN3O4S. The number of nitrogens with zero attached hydrogens (tertiary/aromatic N) is 1. The second kappa shape index (κ2) is 9.62. The maximum absolute atomic E-state index is 12.6. The van der Waals surface area contributed by atoms with Crippen molar-refractivity contribution in [1.82, 2.24) is 9.97 Å². The van der Waals surface area contributed by atoms with E-state index in [0.717, 1.165) is 22.0 Å². The quantitative estimate of drug-likeness (QED) is 0.470. The summed E-state index contributed by atoms with van der Waals surface area (Å²) in [6.07, 6.45) is 0. The molecule has 9 heteroatoms. The number of halogens is 1. The fourth-order valence-corrected chi connectivity index (χ4v) is 3.80. The second-order valence-electron chi connectivity index (χ2n) is 6.31. The number of aromatic amines is 1. The highest BCUT2D eigenvalue weighted by molar-refractivity contribution is 7.14. The first-order valence-corrected chi connectivity index (χ1v) is 9.54. The van der Waals surface area contributed by atoms with E-state index in [2.05, 4.69) is 15.3 Å². The molecule has 0 radical (unpaired) electrons. The van der Waals surface area contributed by atoms with Crippen molar-refractivity contribution < 1.29 is 19.7 Å². The first-order valence-electron chi connectivity index (χ1n) is 8.66. The Bertz CT molecular complexity index is 1110. The minimum absolute atomic E-state index is 0. The summed E-state index contributed by atoms with van der Waals surface area (Å²) >= 11 is 1.35. The van der Waals surface area contributed by atoms with Gasteiger partial charge in [0.2, 0.25) is 0 Å². The molecule has 0 bridgehead atoms. The van der Waals surface area contributed by atoms with Gasteiger partial charge >= 0.3 is 0 Å². The van der Waals surface area contributed by atoms with Crippen LogP contribution in [-0.2, 0) is 0 Å². The number of carbonyl (C=O) groups excluding carboxylic acids is 1. The predicted molar refractivity (Wildman–Crippen MR) is 123 cm³/mol. The molecule has 4 rings (SSSR count). The number of methoxy groups -OCH3 is 2. The molecule has 0 aliphatic rings. The topological polar surface area (TPSA) is 108 Å². The Labute approximate surface area is 183 Å². The predicted octanol–water partition coefficient (Wildman–Crippen LogP) is 4.47. The number of anilines is 1. The summed E-state index contributed by atoms with van der Waals surface area (Å²) in [5, 5.41) is 6.21. The minimum Gasteiger partial charge on any atom is -0.496 e. The smallest absolute Gasteiger partial charge is 0.273 e. The fourth-order valence-electron chi connectivity index (χ4n) is 3.10. The molecule has 0 saturated carbocycles. The van der Waals surface area contributed by atoms with E-state index in [1.54, 1.807) is 14.2 Å². The number of rotatable bonds is 5. The second-order valence-corrected chi connectivity index (χ2v) is 7.16. The van der Waals surface area contributed by atoms with Crippen LogP contribution in [0.5, 0.6) is 11.5 Å². The third-order valence-corrected chi connectivity index (χ3v) is 5.16. The molecule has 0 aliphatic heterocycles. The average molecular weight is 448 g/mol. The Kier molecular flexibility index (Phi) is 7.44. The standard InChI is InChI=1S/C21H19N3O3S.ClH.H2O/c1-12-8-17(26-2)19(18(9-12)27-3)16-11-28-21(23-16)24-20(25)15-10-13-6-4-5-7-14(13)22-15;;/h4-11,22H,1-3H3,(H,23,24,25);1H;1H2. The number of H-pyrrole nitrogens is 1. The zero-order valence-corrected chi connectivity index (χ0v) is 18.2. The van der Waals surface area contributed by atoms with Crippen LogP contribution in [0, 0.1) is 6.92 Å². The van der Waals surface area contributed by atoms with Gasteiger partial charge in [0.05, 0.1) is 25.5 Å². The van der Waals surface area contributed by atoms with Crippen LogP contribution in [0.25, 0.3) is 22.2 Å². The van der Waals surface area contributed by atoms with Crippen molar-refractivity contribution in [2.45, 2.75) is 6.92 Å². The number of benzene rings is 2. The summed E-state index contributed by atoms with van der Waals surface area (Å²) in [6.45, 7) is 1.97. The molecule has 30 heavy (non-hydrogen) atoms. The van der Waals surface area contributed by atoms with Gasteiger partial charge < -0.3 is 19.9 Å². The van der Waals surface area contributed by atoms with Crippen LogP contribution >= 0.6 is 23.7 Å². The van der Waals surface area contributed by atoms with Crippen molar-refractivity contribution in [1.29, 1.82) is 0 Å². The molecule has 0 atom stereocenters. The molecule has 4 aromatic rings. The lowest BCUT2D eigenvalue weighted by molar-refractivity contribution is 0.102. The number of aryl methyl sites for hydroxylation is 1. The van der Waals surface area contributed by atoms with Crippen LogP contribution < -0.4 is 14.8 Å². The van der Waals surface area contributed by atoms with Crippen molar-refractivity contribution in [3.63, 3.8) is 0 Å². The number of amides is 1. The zero-order chi connectivity index (χ0) is 19.7. The van der Waals surface area contributed by atoms with Gasteiger partial charge in [-0.3, -0.25) is 10.1 Å². The largest absolute Gasteiger partial charge is 0.496 e. The van der Waals surface area contributed by atoms with Gasteiger partial charge in [-0.1, -0.05) is 18.2 Å². The van der Waals surface area contributed by atoms with E-state index in [9.17, 15) is 4.79 Å². The monoisotopic (exact) mass is 447 g/mol. The highest BCUT2D eigenvalue weighted by Crippen LogP contribution is 2.40. The molecule has 4 N–H and O–H groups in total. The van der Waals surface area contributed by atoms with Gasteiger partial charge in [-0.15, -0.1) is 23.7 Å². The molecular weight excluding hydrogens is 426 g/mol. The summed E-state index contributed by atoms with van der Waals surface area (Å²) in [7, 11) is 3.23. The van der Waals surface area contributed by atoms with Crippen LogP contribution in [-0.4, -0.2) is 35.6 Å². The lowest BCUT2D eigenvalue weighted by atomic mass is 10.1. The number of ether oxygens (including phenoxy) is 2. The number of carbonyl (C=O) groups is 1. The molecule has 0 fully saturated rings. The average Bonchev–Trinajstić information content (AvgIpc) is 3.33. The van der Waals surface area contributed by atoms with Gasteiger partial charge in [-0.05, 0) is 36.8 Å². The van der Waals surface area contributed by atoms with Crippen LogP contribution in [0.3, 0.4) is 0 Å². The van der Waals surface area contributed by atoms with Gasteiger partial charge in [0.1, 0.15) is 17.2 Å². The van der Waals surface area contributed by atoms with Gasteiger partial charge in [0.25, 0.3) is 5.91 Å². The number of para-hydroxylation sites is 1. The van der Waals surface area contributed by atoms with Crippen molar-refractivity contribution >= 4 is 45.7 Å². The Morgan fingerprint density at radius 1 is 1.10 bits per heavy atom. The Hall–Kier alpha value is -3.07. The van der Waals surface area contributed by atoms with Gasteiger partial charge in [0, 0.05) is 16.3 Å². The number of hydrogen-bond donors (Lipinski definition) is 2. The van der Waals surface area contributed by atoms with Crippen molar-refractivity contribution in [3.8, 4) is 22.8 Å². The lowest BCUT2D eigenvalue weighted by Crippen LogP contribution is -2.11. The van der Waals surface area contributed by atoms with E-state index in [4.69, 9.17) is 9.47 Å². The van der Waals surface area contributed by atoms with Crippen molar-refractivity contribution in [2.24, 2.45) is 0 Å². The molecule has 158 valence electrons. The summed E-state index contributed by atoms with van der Waals surface area (Å²) in [4.78, 5) is 20.3. The van der Waals surface area contributed by atoms with Crippen molar-refractivity contribution in [3.05, 3.63) is 59.1 Å². The maximum atomic E-state index is 12.6. The van der Waals surface area contributed by atoms with Gasteiger partial charge in [0.15, 0.2) is 5.13 Å². The Morgan fingerprint density at radius 3 is 2.40 bits per heavy atom. The first kappa shape index (κ1) is 23.2. The molecule has 7 nitrogen and oxygen atoms in total. The van der Waals surface area contributed by atoms with E-state index >= 15 is 0 Å². The van der Waals surface area contributed by atoms with Crippen LogP contribution in [0.2, 0.25) is 0 Å². The highest BCUT2D eigenvalue weighted by atomic mass is 35.5. The number of aromatic nitrogens is 2. The molecule has 0 saturated heterocycles. The molecule has 1 amide bonds. The number of thiazole rings is 1. The first-order chi connectivity index (χ1) is 13.6. The van der Waals surface area contributed by atoms with Gasteiger partial charge in [-0.25, -0.2) is 4.98 Å². The maximum Gasteiger partial charge on any atom is 0.273 e. The fraction of sp³-hybridized carbons (Fsp3) is 0.143. The molecule has 0 unspecified atom stereocenters. The van der Waals surface area contributed by atoms with E-state index in [1.807, 2.05) is 54.8 Å². The van der Waals surface area contributed by atoms with E-state index in [1.165, 1.54) is 11.3 Å². The van der Waals surface area contributed by atoms with Crippen LogP contribution in [0.1, 0.15) is 16.1 Å².